The van der Waals surface area contributed by atoms with Crippen LogP contribution in [0, 0.1) is 5.92 Å². The molecule has 0 aliphatic heterocycles. The van der Waals surface area contributed by atoms with Crippen molar-refractivity contribution < 1.29 is 14.7 Å². The van der Waals surface area contributed by atoms with Gasteiger partial charge in [0.15, 0.2) is 5.69 Å². The monoisotopic (exact) mass is 271 g/mol. The second-order valence-electron chi connectivity index (χ2n) is 4.12. The maximum absolute atomic E-state index is 11.6. The molecule has 18 heavy (non-hydrogen) atoms. The second-order valence-corrected chi connectivity index (χ2v) is 5.06. The van der Waals surface area contributed by atoms with Gasteiger partial charge in [-0.3, -0.25) is 4.79 Å². The van der Waals surface area contributed by atoms with Crippen LogP contribution in [0.1, 0.15) is 29.3 Å². The molecule has 0 aliphatic carbocycles. The number of carboxylic acids is 1. The quantitative estimate of drug-likeness (QED) is 0.698. The van der Waals surface area contributed by atoms with E-state index in [0.717, 1.165) is 0 Å². The first-order valence-electron chi connectivity index (χ1n) is 5.62. The minimum Gasteiger partial charge on any atom is -0.476 e. The fourth-order valence-corrected chi connectivity index (χ4v) is 1.99. The predicted molar refractivity (Wildman–Crippen MR) is 68.6 cm³/mol. The molecule has 1 rings (SSSR count). The molecule has 0 aliphatic rings. The number of carboxylic acid groups (broad SMARTS) is 1. The van der Waals surface area contributed by atoms with E-state index in [9.17, 15) is 9.59 Å². The zero-order valence-electron chi connectivity index (χ0n) is 10.3. The molecular weight excluding hydrogens is 254 g/mol. The van der Waals surface area contributed by atoms with Gasteiger partial charge in [-0.15, -0.1) is 11.3 Å². The van der Waals surface area contributed by atoms with Crippen molar-refractivity contribution >= 4 is 23.2 Å². The molecule has 0 fully saturated rings. The van der Waals surface area contributed by atoms with Gasteiger partial charge in [-0.05, 0) is 6.92 Å². The van der Waals surface area contributed by atoms with Crippen LogP contribution in [0.2, 0.25) is 0 Å². The third kappa shape index (κ3) is 4.08. The molecule has 1 aromatic heterocycles. The van der Waals surface area contributed by atoms with E-state index >= 15 is 0 Å². The molecule has 1 heterocycles. The minimum absolute atomic E-state index is 0.0466. The lowest BCUT2D eigenvalue weighted by atomic mass is 10.0. The first kappa shape index (κ1) is 14.6. The Kier molecular flexibility index (Phi) is 5.24. The highest BCUT2D eigenvalue weighted by Crippen LogP contribution is 2.10. The molecular formula is C11H17N3O3S. The van der Waals surface area contributed by atoms with Crippen LogP contribution in [0.3, 0.4) is 0 Å². The highest BCUT2D eigenvalue weighted by Gasteiger charge is 2.16. The lowest BCUT2D eigenvalue weighted by Crippen LogP contribution is -2.39. The van der Waals surface area contributed by atoms with E-state index in [0.29, 0.717) is 18.0 Å². The van der Waals surface area contributed by atoms with Crippen molar-refractivity contribution in [3.8, 4) is 0 Å². The average Bonchev–Trinajstić information content (AvgIpc) is 2.76. The van der Waals surface area contributed by atoms with Gasteiger partial charge in [0, 0.05) is 30.3 Å². The minimum atomic E-state index is -1.04. The van der Waals surface area contributed by atoms with Crippen molar-refractivity contribution in [1.82, 2.24) is 10.3 Å². The van der Waals surface area contributed by atoms with E-state index in [1.807, 2.05) is 0 Å². The number of nitrogens with one attached hydrogen (secondary N) is 1. The number of aromatic carboxylic acids is 1. The number of nitrogens with zero attached hydrogens (tertiary/aromatic N) is 1. The molecule has 100 valence electrons. The van der Waals surface area contributed by atoms with Gasteiger partial charge in [-0.1, -0.05) is 6.92 Å². The van der Waals surface area contributed by atoms with Crippen LogP contribution in [0.4, 0.5) is 0 Å². The van der Waals surface area contributed by atoms with Crippen LogP contribution in [-0.4, -0.2) is 34.6 Å². The summed E-state index contributed by atoms with van der Waals surface area (Å²) >= 11 is 1.28. The molecule has 0 saturated heterocycles. The summed E-state index contributed by atoms with van der Waals surface area (Å²) in [6, 6.07) is -0.191. The van der Waals surface area contributed by atoms with Gasteiger partial charge >= 0.3 is 5.97 Å². The number of nitrogens with two attached hydrogens (primary N) is 1. The summed E-state index contributed by atoms with van der Waals surface area (Å²) in [6.07, 6.45) is 0.523. The van der Waals surface area contributed by atoms with Crippen molar-refractivity contribution in [2.24, 2.45) is 11.7 Å². The summed E-state index contributed by atoms with van der Waals surface area (Å²) in [5.41, 5.74) is 5.67. The molecule has 0 aromatic carbocycles. The first-order chi connectivity index (χ1) is 8.41. The molecule has 0 saturated carbocycles. The van der Waals surface area contributed by atoms with E-state index < -0.39 is 5.97 Å². The number of hydrogen-bond donors (Lipinski definition) is 3. The van der Waals surface area contributed by atoms with E-state index in [1.165, 1.54) is 16.7 Å². The largest absolute Gasteiger partial charge is 0.476 e. The third-order valence-corrected chi connectivity index (χ3v) is 3.52. The van der Waals surface area contributed by atoms with Gasteiger partial charge in [0.05, 0.1) is 5.01 Å². The summed E-state index contributed by atoms with van der Waals surface area (Å²) in [6.45, 7) is 3.98. The predicted octanol–water partition coefficient (Wildman–Crippen LogP) is 0.483. The first-order valence-corrected chi connectivity index (χ1v) is 6.50. The Morgan fingerprint density at radius 1 is 1.56 bits per heavy atom. The number of carbonyl (C=O) groups is 2. The number of carbonyl (C=O) groups excluding carboxylic acids is 1. The number of rotatable bonds is 6. The molecule has 0 bridgehead atoms. The average molecular weight is 271 g/mol. The Hall–Kier alpha value is -1.47. The van der Waals surface area contributed by atoms with Crippen LogP contribution in [0.25, 0.3) is 0 Å². The number of aromatic nitrogens is 1. The fourth-order valence-electron chi connectivity index (χ4n) is 1.22. The molecule has 7 heteroatoms. The number of thiazole rings is 1. The Labute approximate surface area is 109 Å². The van der Waals surface area contributed by atoms with Gasteiger partial charge in [0.2, 0.25) is 5.91 Å². The summed E-state index contributed by atoms with van der Waals surface area (Å²) in [5.74, 6) is -1.37. The van der Waals surface area contributed by atoms with Crippen LogP contribution < -0.4 is 11.1 Å². The van der Waals surface area contributed by atoms with Crippen LogP contribution in [0.5, 0.6) is 0 Å². The van der Waals surface area contributed by atoms with E-state index in [1.54, 1.807) is 13.8 Å². The topological polar surface area (TPSA) is 105 Å². The lowest BCUT2D eigenvalue weighted by Gasteiger charge is -2.14. The maximum atomic E-state index is 11.6. The molecule has 6 nitrogen and oxygen atoms in total. The normalized spacial score (nSPS) is 13.9. The Balaban J connectivity index is 2.37. The van der Waals surface area contributed by atoms with Gasteiger partial charge < -0.3 is 16.2 Å². The molecule has 0 radical (unpaired) electrons. The third-order valence-electron chi connectivity index (χ3n) is 2.61. The molecule has 2 unspecified atom stereocenters. The van der Waals surface area contributed by atoms with Crippen molar-refractivity contribution in [2.75, 3.05) is 6.54 Å². The van der Waals surface area contributed by atoms with Gasteiger partial charge in [0.25, 0.3) is 0 Å². The Morgan fingerprint density at radius 2 is 2.22 bits per heavy atom. The Morgan fingerprint density at radius 3 is 2.72 bits per heavy atom. The smallest absolute Gasteiger partial charge is 0.355 e. The van der Waals surface area contributed by atoms with Gasteiger partial charge in [-0.2, -0.15) is 0 Å². The van der Waals surface area contributed by atoms with E-state index in [4.69, 9.17) is 10.8 Å². The molecule has 0 spiro atoms. The summed E-state index contributed by atoms with van der Waals surface area (Å²) in [7, 11) is 0. The zero-order chi connectivity index (χ0) is 13.7. The number of hydrogen-bond acceptors (Lipinski definition) is 5. The zero-order valence-corrected chi connectivity index (χ0v) is 11.2. The van der Waals surface area contributed by atoms with Crippen LogP contribution >= 0.6 is 11.3 Å². The van der Waals surface area contributed by atoms with E-state index in [2.05, 4.69) is 10.3 Å². The standard InChI is InChI=1S/C11H17N3O3S/c1-6(7(2)12)10(15)13-4-3-9-14-8(5-18-9)11(16)17/h5-7H,3-4,12H2,1-2H3,(H,13,15)(H,16,17). The summed E-state index contributed by atoms with van der Waals surface area (Å²) < 4.78 is 0. The van der Waals surface area contributed by atoms with Gasteiger partial charge in [0.1, 0.15) is 0 Å². The van der Waals surface area contributed by atoms with Crippen LogP contribution in [0.15, 0.2) is 5.38 Å². The Bertz CT molecular complexity index is 431. The fraction of sp³-hybridized carbons (Fsp3) is 0.545. The second kappa shape index (κ2) is 6.46. The maximum Gasteiger partial charge on any atom is 0.355 e. The molecule has 4 N–H and O–H groups in total. The van der Waals surface area contributed by atoms with E-state index in [-0.39, 0.29) is 23.6 Å². The number of amides is 1. The lowest BCUT2D eigenvalue weighted by molar-refractivity contribution is -0.124. The molecule has 1 amide bonds. The highest BCUT2D eigenvalue weighted by atomic mass is 32.1. The highest BCUT2D eigenvalue weighted by molar-refractivity contribution is 7.09. The SMILES string of the molecule is CC(N)C(C)C(=O)NCCc1nc(C(=O)O)cs1. The van der Waals surface area contributed by atoms with Crippen molar-refractivity contribution in [1.29, 1.82) is 0 Å². The van der Waals surface area contributed by atoms with Crippen molar-refractivity contribution in [2.45, 2.75) is 26.3 Å². The van der Waals surface area contributed by atoms with Gasteiger partial charge in [-0.25, -0.2) is 9.78 Å². The summed E-state index contributed by atoms with van der Waals surface area (Å²) in [5, 5.41) is 13.6. The molecule has 1 aromatic rings. The van der Waals surface area contributed by atoms with Crippen molar-refractivity contribution in [3.05, 3.63) is 16.1 Å². The molecule has 2 atom stereocenters. The summed E-state index contributed by atoms with van der Waals surface area (Å²) in [4.78, 5) is 26.1. The van der Waals surface area contributed by atoms with Crippen molar-refractivity contribution in [3.63, 3.8) is 0 Å². The van der Waals surface area contributed by atoms with Crippen LogP contribution in [-0.2, 0) is 11.2 Å².